The van der Waals surface area contributed by atoms with Gasteiger partial charge in [-0.05, 0) is 58.3 Å². The van der Waals surface area contributed by atoms with Gasteiger partial charge in [-0.15, -0.1) is 0 Å². The van der Waals surface area contributed by atoms with Crippen LogP contribution in [-0.4, -0.2) is 9.13 Å². The van der Waals surface area contributed by atoms with Crippen LogP contribution >= 0.6 is 0 Å². The maximum absolute atomic E-state index is 2.49. The van der Waals surface area contributed by atoms with Gasteiger partial charge >= 0.3 is 0 Å². The normalized spacial score (nSPS) is 11.9. The van der Waals surface area contributed by atoms with Crippen molar-refractivity contribution in [1.29, 1.82) is 0 Å². The second-order valence-corrected chi connectivity index (χ2v) is 12.1. The number of hydrogen-bond donors (Lipinski definition) is 0. The van der Waals surface area contributed by atoms with Gasteiger partial charge in [0.25, 0.3) is 0 Å². The predicted octanol–water partition coefficient (Wildman–Crippen LogP) is 11.9. The molecule has 10 rings (SSSR count). The molecule has 0 aliphatic carbocycles. The summed E-state index contributed by atoms with van der Waals surface area (Å²) in [4.78, 5) is 0. The maximum atomic E-state index is 2.49. The molecular formula is C44H28N2. The fourth-order valence-electron chi connectivity index (χ4n) is 7.68. The highest BCUT2D eigenvalue weighted by molar-refractivity contribution is 6.37. The van der Waals surface area contributed by atoms with Gasteiger partial charge in [0.1, 0.15) is 0 Å². The molecule has 0 bridgehead atoms. The van der Waals surface area contributed by atoms with Gasteiger partial charge in [-0.2, -0.15) is 0 Å². The minimum Gasteiger partial charge on any atom is -0.309 e. The molecule has 214 valence electrons. The molecule has 0 amide bonds. The maximum Gasteiger partial charge on any atom is 0.0627 e. The van der Waals surface area contributed by atoms with E-state index in [1.54, 1.807) is 0 Å². The molecule has 0 N–H and O–H groups in total. The van der Waals surface area contributed by atoms with Gasteiger partial charge in [0, 0.05) is 43.7 Å². The van der Waals surface area contributed by atoms with E-state index in [0.717, 1.165) is 5.69 Å². The van der Waals surface area contributed by atoms with Crippen molar-refractivity contribution in [3.8, 4) is 22.5 Å². The van der Waals surface area contributed by atoms with Gasteiger partial charge in [0.15, 0.2) is 0 Å². The highest BCUT2D eigenvalue weighted by atomic mass is 15.0. The monoisotopic (exact) mass is 584 g/mol. The van der Waals surface area contributed by atoms with Gasteiger partial charge in [0.05, 0.1) is 22.1 Å². The van der Waals surface area contributed by atoms with Crippen molar-refractivity contribution in [2.24, 2.45) is 0 Å². The molecule has 0 radical (unpaired) electrons. The topological polar surface area (TPSA) is 9.86 Å². The van der Waals surface area contributed by atoms with Crippen molar-refractivity contribution in [3.63, 3.8) is 0 Å². The number of benzene rings is 8. The summed E-state index contributed by atoms with van der Waals surface area (Å²) < 4.78 is 4.96. The highest BCUT2D eigenvalue weighted by Crippen LogP contribution is 2.47. The van der Waals surface area contributed by atoms with E-state index in [-0.39, 0.29) is 0 Å². The van der Waals surface area contributed by atoms with E-state index in [1.807, 2.05) is 0 Å². The summed E-state index contributed by atoms with van der Waals surface area (Å²) in [6, 6.07) is 61.9. The smallest absolute Gasteiger partial charge is 0.0627 e. The molecule has 8 aromatic carbocycles. The third kappa shape index (κ3) is 3.53. The zero-order valence-electron chi connectivity index (χ0n) is 25.1. The molecule has 46 heavy (non-hydrogen) atoms. The fraction of sp³-hybridized carbons (Fsp3) is 0. The van der Waals surface area contributed by atoms with Gasteiger partial charge in [0.2, 0.25) is 0 Å². The Bertz CT molecular complexity index is 2780. The molecule has 2 aromatic heterocycles. The first-order valence-electron chi connectivity index (χ1n) is 15.9. The van der Waals surface area contributed by atoms with E-state index in [1.165, 1.54) is 82.0 Å². The summed E-state index contributed by atoms with van der Waals surface area (Å²) in [6.45, 7) is 0. The van der Waals surface area contributed by atoms with Crippen molar-refractivity contribution in [1.82, 2.24) is 9.13 Å². The molecule has 0 fully saturated rings. The molecule has 0 atom stereocenters. The Morgan fingerprint density at radius 2 is 0.761 bits per heavy atom. The average Bonchev–Trinajstić information content (AvgIpc) is 3.66. The van der Waals surface area contributed by atoms with E-state index < -0.39 is 0 Å². The van der Waals surface area contributed by atoms with Crippen molar-refractivity contribution in [2.75, 3.05) is 0 Å². The van der Waals surface area contributed by atoms with Crippen molar-refractivity contribution in [2.45, 2.75) is 0 Å². The third-order valence-electron chi connectivity index (χ3n) is 9.66. The lowest BCUT2D eigenvalue weighted by atomic mass is 9.99. The molecular weight excluding hydrogens is 556 g/mol. The van der Waals surface area contributed by atoms with E-state index in [2.05, 4.69) is 179 Å². The van der Waals surface area contributed by atoms with Crippen LogP contribution in [-0.2, 0) is 0 Å². The fourth-order valence-corrected chi connectivity index (χ4v) is 7.68. The van der Waals surface area contributed by atoms with Crippen LogP contribution in [0.1, 0.15) is 0 Å². The minimum atomic E-state index is 1.16. The van der Waals surface area contributed by atoms with Crippen LogP contribution in [0.25, 0.3) is 87.7 Å². The SMILES string of the molecule is c1ccc(-c2ccc(-n3c4ccccc4c4c5c6ccccc6n(-c6ccc7ccccc7c6)c5c5ccccc5c43)cc2)cc1. The number of fused-ring (bicyclic) bond motifs is 11. The molecule has 2 heteroatoms. The molecule has 0 saturated heterocycles. The number of para-hydroxylation sites is 2. The highest BCUT2D eigenvalue weighted by Gasteiger charge is 2.24. The van der Waals surface area contributed by atoms with Crippen molar-refractivity contribution >= 4 is 65.2 Å². The number of hydrogen-bond acceptors (Lipinski definition) is 0. The van der Waals surface area contributed by atoms with Gasteiger partial charge in [-0.25, -0.2) is 0 Å². The predicted molar refractivity (Wildman–Crippen MR) is 196 cm³/mol. The summed E-state index contributed by atoms with van der Waals surface area (Å²) in [6.07, 6.45) is 0. The van der Waals surface area contributed by atoms with E-state index in [0.29, 0.717) is 0 Å². The Morgan fingerprint density at radius 3 is 1.39 bits per heavy atom. The first kappa shape index (κ1) is 25.2. The van der Waals surface area contributed by atoms with Gasteiger partial charge in [-0.3, -0.25) is 0 Å². The first-order chi connectivity index (χ1) is 22.8. The van der Waals surface area contributed by atoms with Crippen LogP contribution in [0.4, 0.5) is 0 Å². The first-order valence-corrected chi connectivity index (χ1v) is 15.9. The number of aromatic nitrogens is 2. The van der Waals surface area contributed by atoms with Crippen LogP contribution in [0.15, 0.2) is 170 Å². The Morgan fingerprint density at radius 1 is 0.304 bits per heavy atom. The largest absolute Gasteiger partial charge is 0.309 e. The van der Waals surface area contributed by atoms with Crippen LogP contribution < -0.4 is 0 Å². The quantitative estimate of drug-likeness (QED) is 0.195. The molecule has 0 aliphatic rings. The molecule has 0 aliphatic heterocycles. The molecule has 2 heterocycles. The second kappa shape index (κ2) is 9.69. The minimum absolute atomic E-state index is 1.16. The molecule has 0 spiro atoms. The lowest BCUT2D eigenvalue weighted by molar-refractivity contribution is 1.18. The van der Waals surface area contributed by atoms with Crippen molar-refractivity contribution < 1.29 is 0 Å². The van der Waals surface area contributed by atoms with E-state index in [9.17, 15) is 0 Å². The zero-order chi connectivity index (χ0) is 30.2. The Balaban J connectivity index is 1.38. The standard InChI is InChI=1S/C44H28N2/c1-2-12-29(13-3-1)31-22-25-33(26-23-31)45-39-20-10-8-18-37(39)41-42-38-19-9-11-21-40(38)46(34-27-24-30-14-4-5-15-32(30)28-34)44(42)36-17-7-6-16-35(36)43(41)45/h1-28H. The number of rotatable bonds is 3. The van der Waals surface area contributed by atoms with Crippen LogP contribution in [0.3, 0.4) is 0 Å². The average molecular weight is 585 g/mol. The zero-order valence-corrected chi connectivity index (χ0v) is 25.1. The van der Waals surface area contributed by atoms with Crippen LogP contribution in [0, 0.1) is 0 Å². The van der Waals surface area contributed by atoms with E-state index in [4.69, 9.17) is 0 Å². The molecule has 10 aromatic rings. The summed E-state index contributed by atoms with van der Waals surface area (Å²) in [5.74, 6) is 0. The Labute approximate surface area is 266 Å². The van der Waals surface area contributed by atoms with Crippen LogP contribution in [0.5, 0.6) is 0 Å². The summed E-state index contributed by atoms with van der Waals surface area (Å²) >= 11 is 0. The Kier molecular flexibility index (Phi) is 5.31. The molecule has 0 saturated carbocycles. The molecule has 2 nitrogen and oxygen atoms in total. The molecule has 0 unspecified atom stereocenters. The lowest BCUT2D eigenvalue weighted by Gasteiger charge is -2.14. The van der Waals surface area contributed by atoms with Gasteiger partial charge in [-0.1, -0.05) is 133 Å². The van der Waals surface area contributed by atoms with Gasteiger partial charge < -0.3 is 9.13 Å². The van der Waals surface area contributed by atoms with Crippen LogP contribution in [0.2, 0.25) is 0 Å². The summed E-state index contributed by atoms with van der Waals surface area (Å²) in [5, 5.41) is 10.1. The Hall–Kier alpha value is -6.12. The van der Waals surface area contributed by atoms with Crippen molar-refractivity contribution in [3.05, 3.63) is 170 Å². The second-order valence-electron chi connectivity index (χ2n) is 12.1. The third-order valence-corrected chi connectivity index (χ3v) is 9.66. The summed E-state index contributed by atoms with van der Waals surface area (Å²) in [7, 11) is 0. The summed E-state index contributed by atoms with van der Waals surface area (Å²) in [5.41, 5.74) is 9.71. The van der Waals surface area contributed by atoms with E-state index >= 15 is 0 Å². The lowest BCUT2D eigenvalue weighted by Crippen LogP contribution is -1.97. The number of nitrogens with zero attached hydrogens (tertiary/aromatic N) is 2.